The van der Waals surface area contributed by atoms with E-state index in [0.29, 0.717) is 5.69 Å². The number of aryl methyl sites for hydroxylation is 1. The molecule has 0 saturated heterocycles. The van der Waals surface area contributed by atoms with Crippen molar-refractivity contribution < 1.29 is 4.79 Å². The molecule has 1 N–H and O–H groups in total. The van der Waals surface area contributed by atoms with Gasteiger partial charge in [-0.15, -0.1) is 11.5 Å². The van der Waals surface area contributed by atoms with Crippen LogP contribution in [0.5, 0.6) is 0 Å². The molecule has 0 atom stereocenters. The Morgan fingerprint density at radius 1 is 1.77 bits per heavy atom. The summed E-state index contributed by atoms with van der Waals surface area (Å²) in [5.74, 6) is 2.02. The van der Waals surface area contributed by atoms with Crippen molar-refractivity contribution in [2.45, 2.75) is 6.92 Å². The minimum absolute atomic E-state index is 0.203. The normalized spacial score (nSPS) is 9.31. The van der Waals surface area contributed by atoms with Crippen LogP contribution in [0.3, 0.4) is 0 Å². The number of aromatic nitrogens is 3. The van der Waals surface area contributed by atoms with E-state index in [1.54, 1.807) is 14.0 Å². The lowest BCUT2D eigenvalue weighted by atomic mass is 10.3. The molecule has 0 aromatic carbocycles. The highest BCUT2D eigenvalue weighted by Gasteiger charge is 2.13. The zero-order valence-electron chi connectivity index (χ0n) is 7.53. The van der Waals surface area contributed by atoms with E-state index in [4.69, 9.17) is 6.42 Å². The van der Waals surface area contributed by atoms with Crippen LogP contribution in [-0.2, 0) is 7.05 Å². The summed E-state index contributed by atoms with van der Waals surface area (Å²) < 4.78 is 1.53. The Labute approximate surface area is 76.1 Å². The van der Waals surface area contributed by atoms with Crippen molar-refractivity contribution in [3.8, 4) is 12.3 Å². The van der Waals surface area contributed by atoms with Crippen molar-refractivity contribution in [1.82, 2.24) is 20.3 Å². The average molecular weight is 178 g/mol. The number of carbonyl (C=O) groups excluding carboxylic acids is 1. The maximum Gasteiger partial charge on any atom is 0.274 e. The molecular weight excluding hydrogens is 168 g/mol. The Hall–Kier alpha value is -1.83. The number of hydrogen-bond donors (Lipinski definition) is 1. The highest BCUT2D eigenvalue weighted by Crippen LogP contribution is 2.00. The largest absolute Gasteiger partial charge is 0.340 e. The molecule has 0 spiro atoms. The van der Waals surface area contributed by atoms with Crippen molar-refractivity contribution >= 4 is 5.91 Å². The molecule has 1 aromatic heterocycles. The van der Waals surface area contributed by atoms with Gasteiger partial charge in [0.15, 0.2) is 5.69 Å². The van der Waals surface area contributed by atoms with Gasteiger partial charge in [0, 0.05) is 7.05 Å². The minimum atomic E-state index is -0.288. The molecule has 1 rings (SSSR count). The molecular formula is C8H10N4O. The van der Waals surface area contributed by atoms with E-state index in [-0.39, 0.29) is 12.5 Å². The molecule has 0 aliphatic heterocycles. The van der Waals surface area contributed by atoms with Gasteiger partial charge in [-0.05, 0) is 6.92 Å². The highest BCUT2D eigenvalue weighted by atomic mass is 16.2. The van der Waals surface area contributed by atoms with E-state index in [9.17, 15) is 4.79 Å². The topological polar surface area (TPSA) is 59.8 Å². The Morgan fingerprint density at radius 3 is 2.92 bits per heavy atom. The van der Waals surface area contributed by atoms with Crippen molar-refractivity contribution in [3.05, 3.63) is 11.4 Å². The lowest BCUT2D eigenvalue weighted by Gasteiger charge is -1.97. The zero-order chi connectivity index (χ0) is 9.84. The van der Waals surface area contributed by atoms with Crippen molar-refractivity contribution in [2.24, 2.45) is 7.05 Å². The third kappa shape index (κ3) is 1.85. The van der Waals surface area contributed by atoms with Crippen molar-refractivity contribution in [3.63, 3.8) is 0 Å². The fourth-order valence-corrected chi connectivity index (χ4v) is 0.829. The summed E-state index contributed by atoms with van der Waals surface area (Å²) in [6, 6.07) is 0. The van der Waals surface area contributed by atoms with E-state index in [1.807, 2.05) is 0 Å². The molecule has 0 unspecified atom stereocenters. The van der Waals surface area contributed by atoms with E-state index in [2.05, 4.69) is 21.5 Å². The van der Waals surface area contributed by atoms with Crippen LogP contribution in [-0.4, -0.2) is 27.4 Å². The van der Waals surface area contributed by atoms with Gasteiger partial charge in [0.05, 0.1) is 12.2 Å². The van der Waals surface area contributed by atoms with Crippen LogP contribution >= 0.6 is 0 Å². The molecule has 1 heterocycles. The average Bonchev–Trinajstić information content (AvgIpc) is 2.44. The zero-order valence-corrected chi connectivity index (χ0v) is 7.53. The molecule has 0 bridgehead atoms. The van der Waals surface area contributed by atoms with Gasteiger partial charge in [-0.3, -0.25) is 9.48 Å². The molecule has 1 amide bonds. The summed E-state index contributed by atoms with van der Waals surface area (Å²) in [6.07, 6.45) is 4.99. The number of amides is 1. The molecule has 0 saturated carbocycles. The van der Waals surface area contributed by atoms with E-state index in [0.717, 1.165) is 5.69 Å². The quantitative estimate of drug-likeness (QED) is 0.620. The molecule has 0 aliphatic carbocycles. The molecule has 1 aromatic rings. The number of hydrogen-bond acceptors (Lipinski definition) is 3. The van der Waals surface area contributed by atoms with Gasteiger partial charge in [-0.2, -0.15) is 0 Å². The molecule has 0 radical (unpaired) electrons. The van der Waals surface area contributed by atoms with Crippen molar-refractivity contribution in [1.29, 1.82) is 0 Å². The van der Waals surface area contributed by atoms with Crippen LogP contribution in [0.1, 0.15) is 16.2 Å². The molecule has 68 valence electrons. The predicted molar refractivity (Wildman–Crippen MR) is 46.9 cm³/mol. The monoisotopic (exact) mass is 178 g/mol. The molecule has 5 nitrogen and oxygen atoms in total. The predicted octanol–water partition coefficient (Wildman–Crippen LogP) is -0.513. The fraction of sp³-hybridized carbons (Fsp3) is 0.375. The Morgan fingerprint density at radius 2 is 2.46 bits per heavy atom. The van der Waals surface area contributed by atoms with Crippen LogP contribution in [0.25, 0.3) is 0 Å². The van der Waals surface area contributed by atoms with Gasteiger partial charge in [0.2, 0.25) is 0 Å². The van der Waals surface area contributed by atoms with Gasteiger partial charge in [0.1, 0.15) is 0 Å². The first-order chi connectivity index (χ1) is 6.16. The standard InChI is InChI=1S/C8H10N4O/c1-4-5-9-8(13)7-6(2)12(3)11-10-7/h1H,5H2,2-3H3,(H,9,13). The summed E-state index contributed by atoms with van der Waals surface area (Å²) in [6.45, 7) is 1.97. The summed E-state index contributed by atoms with van der Waals surface area (Å²) in [5, 5.41) is 9.91. The van der Waals surface area contributed by atoms with Crippen LogP contribution in [0.15, 0.2) is 0 Å². The minimum Gasteiger partial charge on any atom is -0.340 e. The second-order valence-corrected chi connectivity index (χ2v) is 2.53. The first kappa shape index (κ1) is 9.26. The summed E-state index contributed by atoms with van der Waals surface area (Å²) in [5.41, 5.74) is 1.03. The third-order valence-electron chi connectivity index (χ3n) is 1.67. The van der Waals surface area contributed by atoms with Gasteiger partial charge >= 0.3 is 0 Å². The number of terminal acetylenes is 1. The van der Waals surface area contributed by atoms with Crippen LogP contribution in [0, 0.1) is 19.3 Å². The second kappa shape index (κ2) is 3.72. The molecule has 0 aliphatic rings. The third-order valence-corrected chi connectivity index (χ3v) is 1.67. The maximum atomic E-state index is 11.3. The smallest absolute Gasteiger partial charge is 0.274 e. The van der Waals surface area contributed by atoms with Gasteiger partial charge in [-0.1, -0.05) is 11.1 Å². The highest BCUT2D eigenvalue weighted by molar-refractivity contribution is 5.93. The summed E-state index contributed by atoms with van der Waals surface area (Å²) in [7, 11) is 1.72. The SMILES string of the molecule is C#CCNC(=O)c1nnn(C)c1C. The van der Waals surface area contributed by atoms with Crippen molar-refractivity contribution in [2.75, 3.05) is 6.54 Å². The Kier molecular flexibility index (Phi) is 2.65. The second-order valence-electron chi connectivity index (χ2n) is 2.53. The first-order valence-electron chi connectivity index (χ1n) is 3.74. The lowest BCUT2D eigenvalue weighted by Crippen LogP contribution is -2.24. The molecule has 13 heavy (non-hydrogen) atoms. The maximum absolute atomic E-state index is 11.3. The Bertz CT molecular complexity index is 361. The number of carbonyl (C=O) groups is 1. The van der Waals surface area contributed by atoms with E-state index in [1.165, 1.54) is 4.68 Å². The van der Waals surface area contributed by atoms with Crippen LogP contribution < -0.4 is 5.32 Å². The summed E-state index contributed by atoms with van der Waals surface area (Å²) in [4.78, 5) is 11.3. The van der Waals surface area contributed by atoms with Crippen LogP contribution in [0.4, 0.5) is 0 Å². The van der Waals surface area contributed by atoms with Gasteiger partial charge in [0.25, 0.3) is 5.91 Å². The van der Waals surface area contributed by atoms with E-state index < -0.39 is 0 Å². The fourth-order valence-electron chi connectivity index (χ4n) is 0.829. The van der Waals surface area contributed by atoms with Gasteiger partial charge < -0.3 is 5.32 Å². The summed E-state index contributed by atoms with van der Waals surface area (Å²) >= 11 is 0. The molecule has 0 fully saturated rings. The Balaban J connectivity index is 2.78. The number of nitrogens with one attached hydrogen (secondary N) is 1. The van der Waals surface area contributed by atoms with Crippen LogP contribution in [0.2, 0.25) is 0 Å². The number of rotatable bonds is 2. The van der Waals surface area contributed by atoms with Gasteiger partial charge in [-0.25, -0.2) is 0 Å². The van der Waals surface area contributed by atoms with E-state index >= 15 is 0 Å². The molecule has 5 heteroatoms. The lowest BCUT2D eigenvalue weighted by molar-refractivity contribution is 0.0953. The number of nitrogens with zero attached hydrogens (tertiary/aromatic N) is 3. The first-order valence-corrected chi connectivity index (χ1v) is 3.74.